The van der Waals surface area contributed by atoms with E-state index < -0.39 is 0 Å². The fraction of sp³-hybridized carbons (Fsp3) is 0.909. The number of ether oxygens (including phenoxy) is 1. The Labute approximate surface area is 91.8 Å². The largest absolute Gasteiger partial charge is 0.376 e. The lowest BCUT2D eigenvalue weighted by atomic mass is 10.2. The summed E-state index contributed by atoms with van der Waals surface area (Å²) in [4.78, 5) is 11.4. The van der Waals surface area contributed by atoms with Gasteiger partial charge in [-0.3, -0.25) is 4.79 Å². The Hall–Kier alpha value is -0.610. The zero-order valence-corrected chi connectivity index (χ0v) is 9.71. The predicted molar refractivity (Wildman–Crippen MR) is 59.7 cm³/mol. The minimum atomic E-state index is 0.110. The van der Waals surface area contributed by atoms with E-state index in [4.69, 9.17) is 4.74 Å². The van der Waals surface area contributed by atoms with Gasteiger partial charge in [-0.25, -0.2) is 0 Å². The second-order valence-corrected chi connectivity index (χ2v) is 4.30. The van der Waals surface area contributed by atoms with Gasteiger partial charge < -0.3 is 15.4 Å². The predicted octanol–water partition coefficient (Wildman–Crippen LogP) is 0.670. The number of nitrogens with one attached hydrogen (secondary N) is 2. The molecule has 0 saturated carbocycles. The number of carbonyl (C=O) groups excluding carboxylic acids is 1. The van der Waals surface area contributed by atoms with Crippen molar-refractivity contribution >= 4 is 5.91 Å². The van der Waals surface area contributed by atoms with Crippen molar-refractivity contribution in [2.24, 2.45) is 0 Å². The smallest absolute Gasteiger partial charge is 0.221 e. The van der Waals surface area contributed by atoms with Crippen LogP contribution in [0.15, 0.2) is 0 Å². The van der Waals surface area contributed by atoms with E-state index in [0.717, 1.165) is 26.0 Å². The molecule has 0 aliphatic carbocycles. The maximum atomic E-state index is 11.4. The summed E-state index contributed by atoms with van der Waals surface area (Å²) in [5.41, 5.74) is 0. The molecular weight excluding hydrogens is 192 g/mol. The molecule has 1 fully saturated rings. The van der Waals surface area contributed by atoms with E-state index in [1.165, 1.54) is 0 Å². The molecule has 88 valence electrons. The van der Waals surface area contributed by atoms with Crippen LogP contribution in [0.2, 0.25) is 0 Å². The van der Waals surface area contributed by atoms with Crippen molar-refractivity contribution in [3.63, 3.8) is 0 Å². The van der Waals surface area contributed by atoms with Crippen LogP contribution in [-0.4, -0.2) is 37.7 Å². The molecule has 0 bridgehead atoms. The van der Waals surface area contributed by atoms with Crippen LogP contribution in [0.4, 0.5) is 0 Å². The van der Waals surface area contributed by atoms with Gasteiger partial charge in [0.2, 0.25) is 5.91 Å². The van der Waals surface area contributed by atoms with Crippen molar-refractivity contribution in [3.05, 3.63) is 0 Å². The third kappa shape index (κ3) is 5.74. The molecule has 15 heavy (non-hydrogen) atoms. The van der Waals surface area contributed by atoms with Crippen molar-refractivity contribution in [2.45, 2.75) is 45.3 Å². The molecule has 1 aliphatic rings. The topological polar surface area (TPSA) is 50.4 Å². The summed E-state index contributed by atoms with van der Waals surface area (Å²) >= 11 is 0. The highest BCUT2D eigenvalue weighted by molar-refractivity contribution is 5.76. The third-order valence-corrected chi connectivity index (χ3v) is 2.46. The zero-order chi connectivity index (χ0) is 11.1. The van der Waals surface area contributed by atoms with Crippen molar-refractivity contribution < 1.29 is 9.53 Å². The van der Waals surface area contributed by atoms with E-state index >= 15 is 0 Å². The first-order valence-electron chi connectivity index (χ1n) is 5.80. The Balaban J connectivity index is 1.98. The molecule has 4 nitrogen and oxygen atoms in total. The highest BCUT2D eigenvalue weighted by Gasteiger charge is 2.15. The van der Waals surface area contributed by atoms with Gasteiger partial charge in [-0.05, 0) is 12.8 Å². The maximum Gasteiger partial charge on any atom is 0.221 e. The van der Waals surface area contributed by atoms with E-state index in [9.17, 15) is 4.79 Å². The van der Waals surface area contributed by atoms with Crippen LogP contribution in [0, 0.1) is 0 Å². The Morgan fingerprint density at radius 1 is 1.53 bits per heavy atom. The van der Waals surface area contributed by atoms with Gasteiger partial charge in [-0.2, -0.15) is 0 Å². The summed E-state index contributed by atoms with van der Waals surface area (Å²) in [6.45, 7) is 6.40. The Morgan fingerprint density at radius 3 is 2.93 bits per heavy atom. The molecule has 0 spiro atoms. The Morgan fingerprint density at radius 2 is 2.33 bits per heavy atom. The minimum absolute atomic E-state index is 0.110. The first-order chi connectivity index (χ1) is 7.18. The van der Waals surface area contributed by atoms with Gasteiger partial charge >= 0.3 is 0 Å². The van der Waals surface area contributed by atoms with E-state index in [0.29, 0.717) is 19.0 Å². The van der Waals surface area contributed by atoms with Gasteiger partial charge in [-0.1, -0.05) is 13.8 Å². The molecule has 0 radical (unpaired) electrons. The van der Waals surface area contributed by atoms with Gasteiger partial charge in [0.15, 0.2) is 0 Å². The van der Waals surface area contributed by atoms with E-state index in [2.05, 4.69) is 24.5 Å². The van der Waals surface area contributed by atoms with Crippen LogP contribution in [0.1, 0.15) is 33.1 Å². The van der Waals surface area contributed by atoms with Crippen LogP contribution in [0.3, 0.4) is 0 Å². The highest BCUT2D eigenvalue weighted by Crippen LogP contribution is 2.10. The second-order valence-electron chi connectivity index (χ2n) is 4.30. The minimum Gasteiger partial charge on any atom is -0.376 e. The summed E-state index contributed by atoms with van der Waals surface area (Å²) < 4.78 is 5.42. The Bertz CT molecular complexity index is 189. The molecule has 1 heterocycles. The van der Waals surface area contributed by atoms with Crippen molar-refractivity contribution in [1.29, 1.82) is 0 Å². The first kappa shape index (κ1) is 12.5. The van der Waals surface area contributed by atoms with Gasteiger partial charge in [0.25, 0.3) is 0 Å². The van der Waals surface area contributed by atoms with Crippen molar-refractivity contribution in [1.82, 2.24) is 10.6 Å². The van der Waals surface area contributed by atoms with Gasteiger partial charge in [-0.15, -0.1) is 0 Å². The summed E-state index contributed by atoms with van der Waals surface area (Å²) in [5.74, 6) is 0.110. The lowest BCUT2D eigenvalue weighted by Gasteiger charge is -2.11. The molecule has 0 aromatic rings. The summed E-state index contributed by atoms with van der Waals surface area (Å²) in [6.07, 6.45) is 2.98. The molecule has 1 amide bonds. The standard InChI is InChI=1S/C11H22N2O2/c1-9(2)12-6-5-11(14)13-8-10-4-3-7-15-10/h9-10,12H,3-8H2,1-2H3,(H,13,14)/t10-/m0/s1. The molecule has 4 heteroatoms. The number of amides is 1. The highest BCUT2D eigenvalue weighted by atomic mass is 16.5. The fourth-order valence-corrected chi connectivity index (χ4v) is 1.60. The Kier molecular flexibility index (Phi) is 5.65. The molecule has 1 rings (SSSR count). The number of carbonyl (C=O) groups is 1. The zero-order valence-electron chi connectivity index (χ0n) is 9.71. The summed E-state index contributed by atoms with van der Waals surface area (Å²) in [5, 5.41) is 6.11. The van der Waals surface area contributed by atoms with Crippen LogP contribution in [0.25, 0.3) is 0 Å². The average molecular weight is 214 g/mol. The van der Waals surface area contributed by atoms with Gasteiger partial charge in [0.1, 0.15) is 0 Å². The molecule has 0 aromatic heterocycles. The molecule has 0 unspecified atom stereocenters. The van der Waals surface area contributed by atoms with Crippen molar-refractivity contribution in [3.8, 4) is 0 Å². The average Bonchev–Trinajstić information content (AvgIpc) is 2.66. The number of hydrogen-bond acceptors (Lipinski definition) is 3. The van der Waals surface area contributed by atoms with Gasteiger partial charge in [0, 0.05) is 32.2 Å². The lowest BCUT2D eigenvalue weighted by molar-refractivity contribution is -0.121. The molecule has 1 atom stereocenters. The van der Waals surface area contributed by atoms with E-state index in [1.807, 2.05) is 0 Å². The van der Waals surface area contributed by atoms with Gasteiger partial charge in [0.05, 0.1) is 6.10 Å². The van der Waals surface area contributed by atoms with Crippen LogP contribution in [-0.2, 0) is 9.53 Å². The van der Waals surface area contributed by atoms with E-state index in [1.54, 1.807) is 0 Å². The molecule has 2 N–H and O–H groups in total. The monoisotopic (exact) mass is 214 g/mol. The third-order valence-electron chi connectivity index (χ3n) is 2.46. The lowest BCUT2D eigenvalue weighted by Crippen LogP contribution is -2.34. The molecule has 1 aliphatic heterocycles. The SMILES string of the molecule is CC(C)NCCC(=O)NC[C@@H]1CCCO1. The molecular formula is C11H22N2O2. The summed E-state index contributed by atoms with van der Waals surface area (Å²) in [6, 6.07) is 0.441. The molecule has 0 aromatic carbocycles. The summed E-state index contributed by atoms with van der Waals surface area (Å²) in [7, 11) is 0. The fourth-order valence-electron chi connectivity index (χ4n) is 1.60. The van der Waals surface area contributed by atoms with E-state index in [-0.39, 0.29) is 12.0 Å². The van der Waals surface area contributed by atoms with Crippen LogP contribution >= 0.6 is 0 Å². The second kappa shape index (κ2) is 6.80. The van der Waals surface area contributed by atoms with Crippen molar-refractivity contribution in [2.75, 3.05) is 19.7 Å². The van der Waals surface area contributed by atoms with Crippen LogP contribution < -0.4 is 10.6 Å². The number of hydrogen-bond donors (Lipinski definition) is 2. The first-order valence-corrected chi connectivity index (χ1v) is 5.80. The molecule has 1 saturated heterocycles. The number of rotatable bonds is 6. The normalized spacial score (nSPS) is 20.9. The van der Waals surface area contributed by atoms with Crippen LogP contribution in [0.5, 0.6) is 0 Å². The quantitative estimate of drug-likeness (QED) is 0.683. The maximum absolute atomic E-state index is 11.4.